The van der Waals surface area contributed by atoms with Gasteiger partial charge in [0.25, 0.3) is 0 Å². The van der Waals surface area contributed by atoms with E-state index < -0.39 is 77.9 Å². The fourth-order valence-electron chi connectivity index (χ4n) is 8.49. The SMILES string of the molecule is C[SiH](Cl)Cl.O[Si]1(c2ccccc2)O[Si]2(c3ccccc3)O[Si](O)(c3ccccc3)O[Si](c3ccccc3)(O1)O[Si]1(c3ccccc3)O[Si](O)(c3ccccc3)O[Si](c3ccccc3)(O[Si](O)(c3ccccc3)O1)O2. The summed E-state index contributed by atoms with van der Waals surface area (Å²) < 4.78 is 74.8. The zero-order valence-electron chi connectivity index (χ0n) is 39.3. The van der Waals surface area contributed by atoms with Gasteiger partial charge >= 0.3 is 70.4 Å². The van der Waals surface area contributed by atoms with Crippen LogP contribution in [-0.4, -0.2) is 97.0 Å². The topological polar surface area (TPSA) is 173 Å². The van der Waals surface area contributed by atoms with E-state index in [1.807, 2.05) is 6.55 Å². The van der Waals surface area contributed by atoms with E-state index >= 15 is 0 Å². The van der Waals surface area contributed by atoms with E-state index in [9.17, 15) is 19.2 Å². The molecule has 74 heavy (non-hydrogen) atoms. The van der Waals surface area contributed by atoms with Crippen molar-refractivity contribution in [1.29, 1.82) is 0 Å². The molecule has 0 aliphatic carbocycles. The molecule has 12 rings (SSSR count). The summed E-state index contributed by atoms with van der Waals surface area (Å²) in [5, 5.41) is 1.51. The molecule has 0 radical (unpaired) electrons. The molecule has 0 spiro atoms. The van der Waals surface area contributed by atoms with Crippen LogP contribution in [0.1, 0.15) is 0 Å². The van der Waals surface area contributed by atoms with Crippen molar-refractivity contribution >= 4 is 142 Å². The monoisotopic (exact) mass is 1180 g/mol. The van der Waals surface area contributed by atoms with Gasteiger partial charge < -0.3 is 60.3 Å². The molecule has 4 saturated heterocycles. The van der Waals surface area contributed by atoms with Crippen LogP contribution in [0, 0.1) is 0 Å². The number of hydrogen-bond donors (Lipinski definition) is 4. The molecule has 8 aromatic carbocycles. The Hall–Kier alpha value is -4.27. The van der Waals surface area contributed by atoms with E-state index in [4.69, 9.17) is 63.3 Å². The first-order valence-electron chi connectivity index (χ1n) is 23.3. The lowest BCUT2D eigenvalue weighted by Crippen LogP contribution is -2.89. The second-order valence-electron chi connectivity index (χ2n) is 17.0. The largest absolute Gasteiger partial charge is 0.520 e. The van der Waals surface area contributed by atoms with E-state index in [0.717, 1.165) is 0 Å². The van der Waals surface area contributed by atoms with Crippen LogP contribution in [0.25, 0.3) is 0 Å². The lowest BCUT2D eigenvalue weighted by molar-refractivity contribution is 0.0442. The minimum atomic E-state index is -5.34. The Labute approximate surface area is 447 Å². The summed E-state index contributed by atoms with van der Waals surface area (Å²) >= 11 is 10.4. The van der Waals surface area contributed by atoms with Crippen molar-refractivity contribution in [2.45, 2.75) is 6.55 Å². The Morgan fingerprint density at radius 1 is 0.243 bits per heavy atom. The van der Waals surface area contributed by atoms with Crippen molar-refractivity contribution < 1.29 is 60.3 Å². The zero-order valence-corrected chi connectivity index (χ0v) is 50.0. The van der Waals surface area contributed by atoms with Crippen molar-refractivity contribution in [3.05, 3.63) is 243 Å². The van der Waals surface area contributed by atoms with Crippen LogP contribution in [0.15, 0.2) is 243 Å². The molecule has 0 aromatic heterocycles. The van der Waals surface area contributed by atoms with Crippen molar-refractivity contribution in [2.75, 3.05) is 0 Å². The highest BCUT2D eigenvalue weighted by Gasteiger charge is 2.79. The molecule has 4 fully saturated rings. The Morgan fingerprint density at radius 3 is 0.500 bits per heavy atom. The van der Waals surface area contributed by atoms with Crippen LogP contribution >= 0.6 is 22.2 Å². The Bertz CT molecular complexity index is 2670. The predicted octanol–water partition coefficient (Wildman–Crippen LogP) is 2.25. The van der Waals surface area contributed by atoms with Gasteiger partial charge in [-0.2, -0.15) is 22.2 Å². The average Bonchev–Trinajstić information content (AvgIpc) is 3.42. The highest BCUT2D eigenvalue weighted by atomic mass is 35.7. The number of benzene rings is 8. The molecule has 0 unspecified atom stereocenters. The molecule has 25 heteroatoms. The summed E-state index contributed by atoms with van der Waals surface area (Å²) in [6, 6.07) is 68.1. The zero-order chi connectivity index (χ0) is 51.6. The van der Waals surface area contributed by atoms with Gasteiger partial charge in [-0.05, 0) is 6.55 Å². The van der Waals surface area contributed by atoms with E-state index in [2.05, 4.69) is 0 Å². The van der Waals surface area contributed by atoms with Crippen LogP contribution < -0.4 is 41.5 Å². The molecule has 4 aliphatic heterocycles. The van der Waals surface area contributed by atoms with Gasteiger partial charge in [0.1, 0.15) is 0 Å². The molecule has 4 bridgehead atoms. The molecule has 0 amide bonds. The van der Waals surface area contributed by atoms with Crippen molar-refractivity contribution in [2.24, 2.45) is 0 Å². The smallest absolute Gasteiger partial charge is 0.387 e. The fraction of sp³-hybridized carbons (Fsp3) is 0.0204. The Kier molecular flexibility index (Phi) is 15.5. The van der Waals surface area contributed by atoms with Gasteiger partial charge in [-0.25, -0.2) is 0 Å². The average molecular weight is 1180 g/mol. The minimum absolute atomic E-state index is 0.184. The van der Waals surface area contributed by atoms with E-state index in [1.54, 1.807) is 243 Å². The van der Waals surface area contributed by atoms with Gasteiger partial charge in [-0.3, -0.25) is 0 Å². The molecule has 4 heterocycles. The summed E-state index contributed by atoms with van der Waals surface area (Å²) in [6.07, 6.45) is 0. The molecular weight excluding hydrogens is 1140 g/mol. The van der Waals surface area contributed by atoms with Crippen molar-refractivity contribution in [3.63, 3.8) is 0 Å². The van der Waals surface area contributed by atoms with Crippen LogP contribution in [0.5, 0.6) is 0 Å². The third kappa shape index (κ3) is 10.7. The van der Waals surface area contributed by atoms with Crippen LogP contribution in [0.3, 0.4) is 0 Å². The number of fused-ring (bicyclic) bond motifs is 4. The van der Waals surface area contributed by atoms with Crippen LogP contribution in [0.4, 0.5) is 0 Å². The van der Waals surface area contributed by atoms with E-state index in [0.29, 0.717) is 0 Å². The maximum Gasteiger partial charge on any atom is 0.520 e. The molecule has 4 N–H and O–H groups in total. The number of halogens is 2. The summed E-state index contributed by atoms with van der Waals surface area (Å²) in [6.45, 7) is 1.84. The summed E-state index contributed by atoms with van der Waals surface area (Å²) in [5.41, 5.74) is 0. The van der Waals surface area contributed by atoms with E-state index in [-0.39, 0.29) is 41.5 Å². The first-order valence-corrected chi connectivity index (χ1v) is 41.9. The highest BCUT2D eigenvalue weighted by molar-refractivity contribution is 7.33. The third-order valence-electron chi connectivity index (χ3n) is 11.8. The van der Waals surface area contributed by atoms with Gasteiger partial charge in [0.2, 0.25) is 7.42 Å². The fourth-order valence-corrected chi connectivity index (χ4v) is 45.9. The summed E-state index contributed by atoms with van der Waals surface area (Å²) in [5.74, 6) is 0. The van der Waals surface area contributed by atoms with Gasteiger partial charge in [0, 0.05) is 41.5 Å². The van der Waals surface area contributed by atoms with Gasteiger partial charge in [-0.15, -0.1) is 0 Å². The predicted molar refractivity (Wildman–Crippen MR) is 299 cm³/mol. The highest BCUT2D eigenvalue weighted by Crippen LogP contribution is 2.40. The summed E-state index contributed by atoms with van der Waals surface area (Å²) in [4.78, 5) is 55.7. The third-order valence-corrected chi connectivity index (χ3v) is 41.9. The molecule has 0 atom stereocenters. The quantitative estimate of drug-likeness (QED) is 0.129. The number of rotatable bonds is 8. The standard InChI is InChI=1S/C48H44O14Si8.CH4Cl2Si/c49-63(41-25-9-1-10-26-41)53-67(45-33-17-5-18-34-45)55-64(50,42-27-11-2-12-28-42)56-68(54-63,46-35-19-6-20-36-46)62-70(48-39-23-8-24-40-48)58-65(51,43-29-13-3-14-30-43)57-69(61-67,47-37-21-7-22-38-47)59-66(52,60-70)44-31-15-4-16-32-44;1-4(2)3/h1-40,49-52H;4H,1H3. The van der Waals surface area contributed by atoms with Gasteiger partial charge in [0.05, 0.1) is 0 Å². The minimum Gasteiger partial charge on any atom is -0.387 e. The molecule has 8 aromatic rings. The van der Waals surface area contributed by atoms with Crippen LogP contribution in [0.2, 0.25) is 6.55 Å². The maximum atomic E-state index is 13.9. The maximum absolute atomic E-state index is 13.9. The first kappa shape index (κ1) is 53.1. The normalized spacial score (nSPS) is 30.9. The Balaban J connectivity index is 0.00000151. The lowest BCUT2D eigenvalue weighted by Gasteiger charge is -2.54. The molecular formula is C49H48Cl2O14Si9. The van der Waals surface area contributed by atoms with Crippen LogP contribution in [-0.2, 0) is 41.2 Å². The van der Waals surface area contributed by atoms with Crippen molar-refractivity contribution in [1.82, 2.24) is 0 Å². The van der Waals surface area contributed by atoms with Gasteiger partial charge in [0.15, 0.2) is 0 Å². The Morgan fingerprint density at radius 2 is 0.365 bits per heavy atom. The second-order valence-corrected chi connectivity index (χ2v) is 44.5. The molecule has 378 valence electrons. The first-order chi connectivity index (χ1) is 35.6. The van der Waals surface area contributed by atoms with Gasteiger partial charge in [-0.1, -0.05) is 243 Å². The lowest BCUT2D eigenvalue weighted by atomic mass is 10.4. The van der Waals surface area contributed by atoms with Crippen molar-refractivity contribution in [3.8, 4) is 0 Å². The van der Waals surface area contributed by atoms with E-state index in [1.165, 1.54) is 0 Å². The number of hydrogen-bond acceptors (Lipinski definition) is 14. The molecule has 4 aliphatic rings. The second kappa shape index (κ2) is 21.6. The molecule has 0 saturated carbocycles. The summed E-state index contributed by atoms with van der Waals surface area (Å²) in [7, 11) is -43.4. The molecule has 14 nitrogen and oxygen atoms in total.